The van der Waals surface area contributed by atoms with Gasteiger partial charge in [-0.1, -0.05) is 12.1 Å². The van der Waals surface area contributed by atoms with Crippen molar-refractivity contribution >= 4 is 37.7 Å². The third-order valence-electron chi connectivity index (χ3n) is 3.42. The van der Waals surface area contributed by atoms with Crippen LogP contribution in [0.3, 0.4) is 0 Å². The molecule has 0 saturated heterocycles. The van der Waals surface area contributed by atoms with Crippen molar-refractivity contribution in [1.29, 1.82) is 5.26 Å². The van der Waals surface area contributed by atoms with E-state index in [0.717, 1.165) is 15.4 Å². The molecule has 3 nitrogen and oxygen atoms in total. The van der Waals surface area contributed by atoms with Gasteiger partial charge in [-0.25, -0.2) is 0 Å². The van der Waals surface area contributed by atoms with E-state index in [1.54, 1.807) is 6.07 Å². The molecule has 0 spiro atoms. The van der Waals surface area contributed by atoms with Gasteiger partial charge in [0, 0.05) is 32.7 Å². The molecule has 0 atom stereocenters. The molecule has 4 aromatic rings. The molecule has 0 aliphatic carbocycles. The van der Waals surface area contributed by atoms with Crippen LogP contribution in [0.2, 0.25) is 0 Å². The number of aromatic nitrogens is 2. The zero-order valence-corrected chi connectivity index (χ0v) is 13.6. The summed E-state index contributed by atoms with van der Waals surface area (Å²) in [6, 6.07) is 18.0. The van der Waals surface area contributed by atoms with Crippen LogP contribution in [-0.2, 0) is 0 Å². The standard InChI is InChI=1S/C9H8BrN.C9H6N2/c1-6-5-7-3-2-4-8(10)9(7)11-6;10-6-7-1-2-9-8(5-7)3-4-11-9/h2-5,11H,1H3;1-5,11H. The Morgan fingerprint density at radius 1 is 1.05 bits per heavy atom. The molecule has 0 aliphatic rings. The first-order valence-corrected chi connectivity index (χ1v) is 7.68. The summed E-state index contributed by atoms with van der Waals surface area (Å²) >= 11 is 3.48. The van der Waals surface area contributed by atoms with Crippen molar-refractivity contribution < 1.29 is 0 Å². The van der Waals surface area contributed by atoms with Crippen LogP contribution in [0.4, 0.5) is 0 Å². The average molecular weight is 352 g/mol. The van der Waals surface area contributed by atoms with E-state index < -0.39 is 0 Å². The first-order chi connectivity index (χ1) is 10.7. The molecule has 2 N–H and O–H groups in total. The second-order valence-corrected chi connectivity index (χ2v) is 5.90. The van der Waals surface area contributed by atoms with Crippen molar-refractivity contribution in [2.45, 2.75) is 6.92 Å². The lowest BCUT2D eigenvalue weighted by Gasteiger charge is -1.90. The maximum atomic E-state index is 8.57. The van der Waals surface area contributed by atoms with Gasteiger partial charge in [-0.2, -0.15) is 5.26 Å². The lowest BCUT2D eigenvalue weighted by Crippen LogP contribution is -1.71. The number of nitrogens with zero attached hydrogens (tertiary/aromatic N) is 1. The number of H-pyrrole nitrogens is 2. The molecule has 4 rings (SSSR count). The molecule has 108 valence electrons. The summed E-state index contributed by atoms with van der Waals surface area (Å²) in [6.07, 6.45) is 1.87. The van der Waals surface area contributed by atoms with Gasteiger partial charge in [0.15, 0.2) is 0 Å². The maximum absolute atomic E-state index is 8.57. The number of fused-ring (bicyclic) bond motifs is 2. The van der Waals surface area contributed by atoms with E-state index in [-0.39, 0.29) is 0 Å². The minimum Gasteiger partial charge on any atom is -0.361 e. The highest BCUT2D eigenvalue weighted by Crippen LogP contribution is 2.23. The van der Waals surface area contributed by atoms with Crippen molar-refractivity contribution in [2.75, 3.05) is 0 Å². The van der Waals surface area contributed by atoms with Crippen molar-refractivity contribution in [1.82, 2.24) is 9.97 Å². The number of benzene rings is 2. The number of aryl methyl sites for hydroxylation is 1. The van der Waals surface area contributed by atoms with E-state index in [1.165, 1.54) is 16.6 Å². The predicted octanol–water partition coefficient (Wildman–Crippen LogP) is 5.28. The van der Waals surface area contributed by atoms with Crippen molar-refractivity contribution in [2.24, 2.45) is 0 Å². The molecule has 2 aromatic heterocycles. The largest absolute Gasteiger partial charge is 0.361 e. The third kappa shape index (κ3) is 2.90. The lowest BCUT2D eigenvalue weighted by molar-refractivity contribution is 1.30. The van der Waals surface area contributed by atoms with E-state index in [4.69, 9.17) is 5.26 Å². The molecule has 22 heavy (non-hydrogen) atoms. The molecular formula is C18H14BrN3. The number of rotatable bonds is 0. The third-order valence-corrected chi connectivity index (χ3v) is 4.08. The van der Waals surface area contributed by atoms with E-state index in [0.29, 0.717) is 5.56 Å². The van der Waals surface area contributed by atoms with Gasteiger partial charge in [-0.3, -0.25) is 0 Å². The zero-order chi connectivity index (χ0) is 15.5. The maximum Gasteiger partial charge on any atom is 0.0991 e. The Hall–Kier alpha value is -2.51. The molecule has 0 bridgehead atoms. The quantitative estimate of drug-likeness (QED) is 0.445. The number of para-hydroxylation sites is 1. The second-order valence-electron chi connectivity index (χ2n) is 5.05. The van der Waals surface area contributed by atoms with Crippen LogP contribution in [-0.4, -0.2) is 9.97 Å². The minimum atomic E-state index is 0.706. The SMILES string of the molecule is Cc1cc2cccc(Br)c2[nH]1.N#Cc1ccc2[nH]ccc2c1. The zero-order valence-electron chi connectivity index (χ0n) is 12.0. The van der Waals surface area contributed by atoms with Crippen molar-refractivity contribution in [3.63, 3.8) is 0 Å². The summed E-state index contributed by atoms with van der Waals surface area (Å²) in [6.45, 7) is 2.06. The van der Waals surface area contributed by atoms with Crippen LogP contribution < -0.4 is 0 Å². The molecule has 4 heteroatoms. The Kier molecular flexibility index (Phi) is 3.99. The number of nitrogens with one attached hydrogen (secondary N) is 2. The number of hydrogen-bond donors (Lipinski definition) is 2. The monoisotopic (exact) mass is 351 g/mol. The van der Waals surface area contributed by atoms with E-state index >= 15 is 0 Å². The van der Waals surface area contributed by atoms with E-state index in [9.17, 15) is 0 Å². The van der Waals surface area contributed by atoms with Gasteiger partial charge in [0.1, 0.15) is 0 Å². The molecular weight excluding hydrogens is 338 g/mol. The first-order valence-electron chi connectivity index (χ1n) is 6.88. The summed E-state index contributed by atoms with van der Waals surface area (Å²) in [4.78, 5) is 6.34. The van der Waals surface area contributed by atoms with Crippen LogP contribution in [0, 0.1) is 18.3 Å². The Morgan fingerprint density at radius 3 is 2.68 bits per heavy atom. The normalized spacial score (nSPS) is 10.2. The van der Waals surface area contributed by atoms with E-state index in [1.807, 2.05) is 36.5 Å². The number of aromatic amines is 2. The average Bonchev–Trinajstić information content (AvgIpc) is 3.13. The Labute approximate surface area is 136 Å². The molecule has 0 unspecified atom stereocenters. The summed E-state index contributed by atoms with van der Waals surface area (Å²) < 4.78 is 1.13. The van der Waals surface area contributed by atoms with Gasteiger partial charge in [-0.05, 0) is 59.3 Å². The van der Waals surface area contributed by atoms with Gasteiger partial charge in [0.2, 0.25) is 0 Å². The number of halogens is 1. The fraction of sp³-hybridized carbons (Fsp3) is 0.0556. The number of hydrogen-bond acceptors (Lipinski definition) is 1. The van der Waals surface area contributed by atoms with Gasteiger partial charge >= 0.3 is 0 Å². The molecule has 2 aromatic carbocycles. The lowest BCUT2D eigenvalue weighted by atomic mass is 10.2. The van der Waals surface area contributed by atoms with E-state index in [2.05, 4.69) is 51.0 Å². The van der Waals surface area contributed by atoms with Gasteiger partial charge in [0.25, 0.3) is 0 Å². The topological polar surface area (TPSA) is 55.4 Å². The van der Waals surface area contributed by atoms with Crippen LogP contribution in [0.25, 0.3) is 21.8 Å². The van der Waals surface area contributed by atoms with Gasteiger partial charge in [-0.15, -0.1) is 0 Å². The highest BCUT2D eigenvalue weighted by molar-refractivity contribution is 9.10. The van der Waals surface area contributed by atoms with Gasteiger partial charge in [0.05, 0.1) is 17.1 Å². The summed E-state index contributed by atoms with van der Waals surface area (Å²) in [5.74, 6) is 0. The van der Waals surface area contributed by atoms with Crippen LogP contribution in [0.5, 0.6) is 0 Å². The molecule has 2 heterocycles. The fourth-order valence-corrected chi connectivity index (χ4v) is 2.86. The Balaban J connectivity index is 0.000000131. The van der Waals surface area contributed by atoms with Crippen LogP contribution in [0.1, 0.15) is 11.3 Å². The van der Waals surface area contributed by atoms with Crippen molar-refractivity contribution in [3.05, 3.63) is 70.5 Å². The Bertz CT molecular complexity index is 973. The summed E-state index contributed by atoms with van der Waals surface area (Å²) in [5, 5.41) is 10.9. The van der Waals surface area contributed by atoms with Crippen molar-refractivity contribution in [3.8, 4) is 6.07 Å². The molecule has 0 saturated carbocycles. The fourth-order valence-electron chi connectivity index (χ4n) is 2.38. The molecule has 0 radical (unpaired) electrons. The second kappa shape index (κ2) is 6.08. The summed E-state index contributed by atoms with van der Waals surface area (Å²) in [5.41, 5.74) is 4.16. The molecule has 0 fully saturated rings. The van der Waals surface area contributed by atoms with Crippen LogP contribution in [0.15, 0.2) is 59.2 Å². The minimum absolute atomic E-state index is 0.706. The summed E-state index contributed by atoms with van der Waals surface area (Å²) in [7, 11) is 0. The number of nitriles is 1. The molecule has 0 aliphatic heterocycles. The molecule has 0 amide bonds. The first kappa shape index (κ1) is 14.4. The van der Waals surface area contributed by atoms with Gasteiger partial charge < -0.3 is 9.97 Å². The highest BCUT2D eigenvalue weighted by Gasteiger charge is 1.99. The van der Waals surface area contributed by atoms with Crippen LogP contribution >= 0.6 is 15.9 Å². The highest BCUT2D eigenvalue weighted by atomic mass is 79.9. The predicted molar refractivity (Wildman–Crippen MR) is 93.7 cm³/mol. The smallest absolute Gasteiger partial charge is 0.0991 e. The Morgan fingerprint density at radius 2 is 1.91 bits per heavy atom.